The lowest BCUT2D eigenvalue weighted by Crippen LogP contribution is -2.06. The summed E-state index contributed by atoms with van der Waals surface area (Å²) in [7, 11) is 0. The van der Waals surface area contributed by atoms with Crippen molar-refractivity contribution in [2.45, 2.75) is 13.8 Å². The van der Waals surface area contributed by atoms with E-state index < -0.39 is 5.97 Å². The molecular formula is C12H12BrN3O2. The molecular weight excluding hydrogens is 298 g/mol. The van der Waals surface area contributed by atoms with Crippen LogP contribution in [0.3, 0.4) is 0 Å². The predicted molar refractivity (Wildman–Crippen MR) is 70.2 cm³/mol. The van der Waals surface area contributed by atoms with Gasteiger partial charge in [-0.05, 0) is 31.5 Å². The number of rotatable bonds is 3. The molecule has 0 fully saturated rings. The van der Waals surface area contributed by atoms with Crippen molar-refractivity contribution in [2.24, 2.45) is 0 Å². The van der Waals surface area contributed by atoms with Crippen LogP contribution in [0.4, 0.5) is 0 Å². The number of nitrogens with one attached hydrogen (secondary N) is 1. The Morgan fingerprint density at radius 3 is 2.94 bits per heavy atom. The molecule has 1 aromatic carbocycles. The molecule has 0 spiro atoms. The lowest BCUT2D eigenvalue weighted by atomic mass is 10.1. The summed E-state index contributed by atoms with van der Waals surface area (Å²) in [6, 6.07) is 5.83. The third-order valence-corrected chi connectivity index (χ3v) is 2.98. The molecule has 0 saturated heterocycles. The van der Waals surface area contributed by atoms with Crippen molar-refractivity contribution in [2.75, 3.05) is 6.61 Å². The molecule has 1 N–H and O–H groups in total. The van der Waals surface area contributed by atoms with Crippen LogP contribution in [0.5, 0.6) is 0 Å². The van der Waals surface area contributed by atoms with Gasteiger partial charge in [0.15, 0.2) is 5.82 Å². The molecule has 0 unspecified atom stereocenters. The normalized spacial score (nSPS) is 10.4. The molecule has 2 rings (SSSR count). The molecule has 0 aliphatic heterocycles. The smallest absolute Gasteiger partial charge is 0.375 e. The maximum atomic E-state index is 11.5. The molecule has 18 heavy (non-hydrogen) atoms. The van der Waals surface area contributed by atoms with Crippen molar-refractivity contribution in [1.82, 2.24) is 15.2 Å². The van der Waals surface area contributed by atoms with Crippen molar-refractivity contribution in [3.63, 3.8) is 0 Å². The number of ether oxygens (including phenoxy) is 1. The van der Waals surface area contributed by atoms with Crippen LogP contribution in [-0.4, -0.2) is 27.8 Å². The highest BCUT2D eigenvalue weighted by Crippen LogP contribution is 2.26. The molecule has 94 valence electrons. The highest BCUT2D eigenvalue weighted by atomic mass is 79.9. The molecule has 2 aromatic rings. The maximum Gasteiger partial charge on any atom is 0.375 e. The molecule has 6 heteroatoms. The first-order chi connectivity index (χ1) is 8.61. The highest BCUT2D eigenvalue weighted by Gasteiger charge is 2.15. The number of aryl methyl sites for hydroxylation is 1. The number of esters is 1. The Morgan fingerprint density at radius 1 is 1.50 bits per heavy atom. The lowest BCUT2D eigenvalue weighted by molar-refractivity contribution is 0.0512. The summed E-state index contributed by atoms with van der Waals surface area (Å²) in [5.41, 5.74) is 1.96. The second-order valence-electron chi connectivity index (χ2n) is 3.71. The van der Waals surface area contributed by atoms with Crippen LogP contribution in [0, 0.1) is 6.92 Å². The topological polar surface area (TPSA) is 67.9 Å². The Labute approximate surface area is 113 Å². The van der Waals surface area contributed by atoms with E-state index in [0.717, 1.165) is 15.6 Å². The molecule has 0 aliphatic carbocycles. The van der Waals surface area contributed by atoms with E-state index in [1.54, 1.807) is 6.92 Å². The van der Waals surface area contributed by atoms with Gasteiger partial charge < -0.3 is 4.74 Å². The number of benzene rings is 1. The van der Waals surface area contributed by atoms with Gasteiger partial charge in [0.1, 0.15) is 0 Å². The number of nitrogens with zero attached hydrogens (tertiary/aromatic N) is 2. The first kappa shape index (κ1) is 12.8. The van der Waals surface area contributed by atoms with Crippen LogP contribution in [-0.2, 0) is 4.74 Å². The maximum absolute atomic E-state index is 11.5. The average molecular weight is 310 g/mol. The second-order valence-corrected chi connectivity index (χ2v) is 4.57. The number of hydrogen-bond acceptors (Lipinski definition) is 4. The summed E-state index contributed by atoms with van der Waals surface area (Å²) in [6.07, 6.45) is 0. The number of aromatic amines is 1. The largest absolute Gasteiger partial charge is 0.460 e. The minimum Gasteiger partial charge on any atom is -0.460 e. The zero-order valence-electron chi connectivity index (χ0n) is 10.0. The van der Waals surface area contributed by atoms with Crippen LogP contribution in [0.25, 0.3) is 11.4 Å². The predicted octanol–water partition coefficient (Wildman–Crippen LogP) is 2.72. The molecule has 0 aliphatic rings. The van der Waals surface area contributed by atoms with Gasteiger partial charge in [0, 0.05) is 10.0 Å². The number of H-pyrrole nitrogens is 1. The summed E-state index contributed by atoms with van der Waals surface area (Å²) in [6.45, 7) is 4.05. The minimum atomic E-state index is -0.500. The molecule has 1 heterocycles. The minimum absolute atomic E-state index is 0.110. The Hall–Kier alpha value is -1.69. The third kappa shape index (κ3) is 2.59. The van der Waals surface area contributed by atoms with Gasteiger partial charge in [0.2, 0.25) is 5.82 Å². The summed E-state index contributed by atoms with van der Waals surface area (Å²) >= 11 is 3.45. The fourth-order valence-electron chi connectivity index (χ4n) is 1.47. The standard InChI is InChI=1S/C12H12BrN3O2/c1-3-18-12(17)11-14-10(15-16-11)8-5-4-7(2)6-9(8)13/h4-6H,3H2,1-2H3,(H,14,15,16). The lowest BCUT2D eigenvalue weighted by Gasteiger charge is -2.00. The Kier molecular flexibility index (Phi) is 3.76. The fraction of sp³-hybridized carbons (Fsp3) is 0.250. The molecule has 0 radical (unpaired) electrons. The Bertz CT molecular complexity index is 580. The highest BCUT2D eigenvalue weighted by molar-refractivity contribution is 9.10. The van der Waals surface area contributed by atoms with E-state index in [4.69, 9.17) is 4.74 Å². The van der Waals surface area contributed by atoms with Crippen LogP contribution in [0.15, 0.2) is 22.7 Å². The molecule has 5 nitrogen and oxygen atoms in total. The average Bonchev–Trinajstić information content (AvgIpc) is 2.78. The Morgan fingerprint density at radius 2 is 2.28 bits per heavy atom. The summed E-state index contributed by atoms with van der Waals surface area (Å²) in [5.74, 6) is 0.0729. The van der Waals surface area contributed by atoms with Crippen molar-refractivity contribution in [3.8, 4) is 11.4 Å². The van der Waals surface area contributed by atoms with Crippen molar-refractivity contribution in [1.29, 1.82) is 0 Å². The zero-order valence-corrected chi connectivity index (χ0v) is 11.6. The number of carbonyl (C=O) groups excluding carboxylic acids is 1. The SMILES string of the molecule is CCOC(=O)c1nc(-c2ccc(C)cc2Br)n[nH]1. The van der Waals surface area contributed by atoms with Crippen LogP contribution >= 0.6 is 15.9 Å². The van der Waals surface area contributed by atoms with E-state index in [0.29, 0.717) is 12.4 Å². The van der Waals surface area contributed by atoms with Gasteiger partial charge in [-0.15, -0.1) is 0 Å². The van der Waals surface area contributed by atoms with Gasteiger partial charge in [-0.25, -0.2) is 9.78 Å². The third-order valence-electron chi connectivity index (χ3n) is 2.32. The van der Waals surface area contributed by atoms with E-state index in [2.05, 4.69) is 31.1 Å². The Balaban J connectivity index is 2.32. The quantitative estimate of drug-likeness (QED) is 0.885. The first-order valence-electron chi connectivity index (χ1n) is 5.48. The van der Waals surface area contributed by atoms with Crippen molar-refractivity contribution >= 4 is 21.9 Å². The first-order valence-corrected chi connectivity index (χ1v) is 6.27. The van der Waals surface area contributed by atoms with E-state index >= 15 is 0 Å². The van der Waals surface area contributed by atoms with Gasteiger partial charge in [-0.3, -0.25) is 5.10 Å². The number of carbonyl (C=O) groups is 1. The number of hydrogen-bond donors (Lipinski definition) is 1. The summed E-state index contributed by atoms with van der Waals surface area (Å²) in [5, 5.41) is 6.59. The zero-order chi connectivity index (χ0) is 13.1. The van der Waals surface area contributed by atoms with E-state index in [1.807, 2.05) is 25.1 Å². The summed E-state index contributed by atoms with van der Waals surface area (Å²) in [4.78, 5) is 15.6. The molecule has 0 saturated carbocycles. The van der Waals surface area contributed by atoms with Crippen LogP contribution < -0.4 is 0 Å². The number of halogens is 1. The van der Waals surface area contributed by atoms with Gasteiger partial charge in [-0.2, -0.15) is 5.10 Å². The molecule has 0 atom stereocenters. The van der Waals surface area contributed by atoms with E-state index in [-0.39, 0.29) is 5.82 Å². The van der Waals surface area contributed by atoms with E-state index in [9.17, 15) is 4.79 Å². The van der Waals surface area contributed by atoms with Gasteiger partial charge >= 0.3 is 5.97 Å². The van der Waals surface area contributed by atoms with E-state index in [1.165, 1.54) is 0 Å². The molecule has 0 bridgehead atoms. The molecule has 0 amide bonds. The van der Waals surface area contributed by atoms with Gasteiger partial charge in [0.25, 0.3) is 0 Å². The van der Waals surface area contributed by atoms with Crippen molar-refractivity contribution in [3.05, 3.63) is 34.1 Å². The van der Waals surface area contributed by atoms with Gasteiger partial charge in [0.05, 0.1) is 6.61 Å². The summed E-state index contributed by atoms with van der Waals surface area (Å²) < 4.78 is 5.73. The number of aromatic nitrogens is 3. The second kappa shape index (κ2) is 5.30. The molecule has 1 aromatic heterocycles. The van der Waals surface area contributed by atoms with Gasteiger partial charge in [-0.1, -0.05) is 22.0 Å². The van der Waals surface area contributed by atoms with Crippen LogP contribution in [0.1, 0.15) is 23.1 Å². The van der Waals surface area contributed by atoms with Crippen molar-refractivity contribution < 1.29 is 9.53 Å². The van der Waals surface area contributed by atoms with Crippen LogP contribution in [0.2, 0.25) is 0 Å². The fourth-order valence-corrected chi connectivity index (χ4v) is 2.15. The monoisotopic (exact) mass is 309 g/mol.